The lowest BCUT2D eigenvalue weighted by Crippen LogP contribution is -2.39. The average Bonchev–Trinajstić information content (AvgIpc) is 2.81. The van der Waals surface area contributed by atoms with E-state index >= 15 is 4.39 Å². The number of carbonyl (C=O) groups excluding carboxylic acids is 2. The maximum Gasteiger partial charge on any atom is 0.397 e. The fourth-order valence-electron chi connectivity index (χ4n) is 3.36. The molecule has 0 radical (unpaired) electrons. The zero-order valence-corrected chi connectivity index (χ0v) is 19.8. The van der Waals surface area contributed by atoms with E-state index in [0.29, 0.717) is 16.9 Å². The molecular formula is C23H23F4NO6S. The lowest BCUT2D eigenvalue weighted by atomic mass is 9.98. The van der Waals surface area contributed by atoms with Crippen LogP contribution in [0.25, 0.3) is 0 Å². The number of benzene rings is 2. The number of rotatable bonds is 9. The van der Waals surface area contributed by atoms with Crippen LogP contribution in [0.3, 0.4) is 0 Å². The van der Waals surface area contributed by atoms with Crippen molar-refractivity contribution in [3.63, 3.8) is 0 Å². The Bertz CT molecular complexity index is 1110. The highest BCUT2D eigenvalue weighted by Crippen LogP contribution is 2.32. The van der Waals surface area contributed by atoms with Crippen molar-refractivity contribution in [1.29, 1.82) is 0 Å². The average molecular weight is 517 g/mol. The highest BCUT2D eigenvalue weighted by molar-refractivity contribution is 7.92. The number of aromatic carboxylic acids is 1. The van der Waals surface area contributed by atoms with Gasteiger partial charge in [-0.25, -0.2) is 22.8 Å². The smallest absolute Gasteiger partial charge is 0.397 e. The van der Waals surface area contributed by atoms with Gasteiger partial charge < -0.3 is 14.4 Å². The van der Waals surface area contributed by atoms with Gasteiger partial charge in [-0.1, -0.05) is 19.1 Å². The molecule has 190 valence electrons. The van der Waals surface area contributed by atoms with Crippen molar-refractivity contribution in [3.05, 3.63) is 58.4 Å². The molecule has 0 heterocycles. The molecule has 7 nitrogen and oxygen atoms in total. The Morgan fingerprint density at radius 2 is 1.83 bits per heavy atom. The third-order valence-corrected chi connectivity index (χ3v) is 6.54. The largest absolute Gasteiger partial charge is 0.609 e. The zero-order valence-electron chi connectivity index (χ0n) is 19.0. The number of halogens is 4. The van der Waals surface area contributed by atoms with Crippen molar-refractivity contribution in [1.82, 2.24) is 0 Å². The van der Waals surface area contributed by atoms with Crippen molar-refractivity contribution < 1.29 is 46.3 Å². The Kier molecular flexibility index (Phi) is 9.66. The summed E-state index contributed by atoms with van der Waals surface area (Å²) in [5.41, 5.74) is -3.55. The van der Waals surface area contributed by atoms with Crippen molar-refractivity contribution in [2.24, 2.45) is 0 Å². The molecule has 12 heteroatoms. The quantitative estimate of drug-likeness (QED) is 0.232. The van der Waals surface area contributed by atoms with Crippen LogP contribution in [0.2, 0.25) is 0 Å². The number of carbonyl (C=O) groups is 3. The number of aryl methyl sites for hydroxylation is 2. The van der Waals surface area contributed by atoms with E-state index in [4.69, 9.17) is 4.74 Å². The number of carboxylic acid groups (broad SMARTS) is 1. The number of alkyl halides is 3. The van der Waals surface area contributed by atoms with Gasteiger partial charge in [0.1, 0.15) is 5.82 Å². The lowest BCUT2D eigenvalue weighted by molar-refractivity contribution is -0.153. The molecule has 0 aliphatic rings. The van der Waals surface area contributed by atoms with E-state index in [1.165, 1.54) is 26.0 Å². The Hall–Kier alpha value is -3.12. The maximum absolute atomic E-state index is 15.1. The predicted molar refractivity (Wildman–Crippen MR) is 119 cm³/mol. The van der Waals surface area contributed by atoms with E-state index in [1.54, 1.807) is 13.0 Å². The Balaban J connectivity index is 2.73. The first-order valence-corrected chi connectivity index (χ1v) is 11.6. The van der Waals surface area contributed by atoms with Crippen LogP contribution in [0.4, 0.5) is 23.2 Å². The molecule has 0 aliphatic carbocycles. The van der Waals surface area contributed by atoms with E-state index in [0.717, 1.165) is 12.1 Å². The summed E-state index contributed by atoms with van der Waals surface area (Å²) in [5, 5.41) is 9.60. The Morgan fingerprint density at radius 3 is 2.37 bits per heavy atom. The SMILES string of the molecule is CCOC(=O)C(=O)N(Cc1c(CC)cccc1C(=O)O)c1cc([S+]([O-])C(F)C(F)F)c(C)cc1F. The molecular weight excluding hydrogens is 494 g/mol. The van der Waals surface area contributed by atoms with E-state index in [2.05, 4.69) is 0 Å². The molecule has 1 N–H and O–H groups in total. The third-order valence-electron chi connectivity index (χ3n) is 5.05. The van der Waals surface area contributed by atoms with Gasteiger partial charge in [-0.2, -0.15) is 4.39 Å². The first-order chi connectivity index (χ1) is 16.4. The molecule has 2 aromatic rings. The van der Waals surface area contributed by atoms with Crippen LogP contribution in [-0.4, -0.2) is 46.0 Å². The molecule has 2 atom stereocenters. The van der Waals surface area contributed by atoms with Gasteiger partial charge in [0.2, 0.25) is 0 Å². The van der Waals surface area contributed by atoms with Gasteiger partial charge >= 0.3 is 29.8 Å². The number of carboxylic acids is 1. The van der Waals surface area contributed by atoms with E-state index in [9.17, 15) is 37.2 Å². The first-order valence-electron chi connectivity index (χ1n) is 10.4. The number of nitrogens with zero attached hydrogens (tertiary/aromatic N) is 1. The maximum atomic E-state index is 15.1. The minimum atomic E-state index is -3.59. The lowest BCUT2D eigenvalue weighted by Gasteiger charge is -2.26. The number of ether oxygens (including phenoxy) is 1. The van der Waals surface area contributed by atoms with Crippen LogP contribution < -0.4 is 4.90 Å². The summed E-state index contributed by atoms with van der Waals surface area (Å²) in [4.78, 5) is 37.0. The third kappa shape index (κ3) is 6.31. The van der Waals surface area contributed by atoms with Crippen LogP contribution >= 0.6 is 0 Å². The molecule has 0 saturated carbocycles. The van der Waals surface area contributed by atoms with Gasteiger partial charge in [0.25, 0.3) is 0 Å². The Morgan fingerprint density at radius 1 is 1.17 bits per heavy atom. The number of anilines is 1. The van der Waals surface area contributed by atoms with Crippen LogP contribution in [0.15, 0.2) is 35.2 Å². The Labute approximate surface area is 201 Å². The summed E-state index contributed by atoms with van der Waals surface area (Å²) in [6, 6.07) is 5.81. The summed E-state index contributed by atoms with van der Waals surface area (Å²) in [7, 11) is 0. The van der Waals surface area contributed by atoms with E-state index in [-0.39, 0.29) is 23.3 Å². The molecule has 1 amide bonds. The molecule has 2 unspecified atom stereocenters. The van der Waals surface area contributed by atoms with Crippen LogP contribution in [0.5, 0.6) is 0 Å². The summed E-state index contributed by atoms with van der Waals surface area (Å²) in [5.74, 6) is -5.24. The number of amides is 1. The van der Waals surface area contributed by atoms with Gasteiger partial charge in [-0.15, -0.1) is 0 Å². The fraction of sp³-hybridized carbons (Fsp3) is 0.348. The van der Waals surface area contributed by atoms with Crippen LogP contribution in [0, 0.1) is 12.7 Å². The topological polar surface area (TPSA) is 107 Å². The second-order valence-corrected chi connectivity index (χ2v) is 8.75. The molecule has 0 fully saturated rings. The molecule has 0 bridgehead atoms. The van der Waals surface area contributed by atoms with Gasteiger partial charge in [0.15, 0.2) is 4.90 Å². The van der Waals surface area contributed by atoms with Crippen LogP contribution in [0.1, 0.15) is 40.9 Å². The molecule has 0 aromatic heterocycles. The normalized spacial score (nSPS) is 12.8. The molecule has 0 spiro atoms. The molecule has 2 aromatic carbocycles. The first kappa shape index (κ1) is 28.1. The summed E-state index contributed by atoms with van der Waals surface area (Å²) < 4.78 is 71.6. The van der Waals surface area contributed by atoms with Gasteiger partial charge in [0.05, 0.1) is 24.4 Å². The predicted octanol–water partition coefficient (Wildman–Crippen LogP) is 4.16. The number of hydrogen-bond acceptors (Lipinski definition) is 5. The highest BCUT2D eigenvalue weighted by atomic mass is 32.2. The number of hydrogen-bond donors (Lipinski definition) is 1. The van der Waals surface area contributed by atoms with Crippen LogP contribution in [-0.2, 0) is 38.5 Å². The summed E-state index contributed by atoms with van der Waals surface area (Å²) in [6.07, 6.45) is -3.27. The van der Waals surface area contributed by atoms with Crippen molar-refractivity contribution in [2.75, 3.05) is 11.5 Å². The monoisotopic (exact) mass is 517 g/mol. The number of esters is 1. The minimum Gasteiger partial charge on any atom is -0.609 e. The van der Waals surface area contributed by atoms with Gasteiger partial charge in [-0.3, -0.25) is 9.69 Å². The molecule has 0 aliphatic heterocycles. The standard InChI is InChI=1S/C23H23F4NO6S/c1-4-13-7-6-8-14(22(30)31)15(13)11-28(21(29)23(32)34-5-2)17-10-18(12(3)9-16(17)24)35(33)20(27)19(25)26/h6-10,19-20H,4-5,11H2,1-3H3,(H,30,31). The summed E-state index contributed by atoms with van der Waals surface area (Å²) >= 11 is -2.93. The molecule has 35 heavy (non-hydrogen) atoms. The highest BCUT2D eigenvalue weighted by Gasteiger charge is 2.37. The van der Waals surface area contributed by atoms with E-state index in [1.807, 2.05) is 0 Å². The van der Waals surface area contributed by atoms with Crippen molar-refractivity contribution in [2.45, 2.75) is 50.6 Å². The summed E-state index contributed by atoms with van der Waals surface area (Å²) in [6.45, 7) is 3.52. The molecule has 2 rings (SSSR count). The van der Waals surface area contributed by atoms with Crippen molar-refractivity contribution >= 4 is 34.7 Å². The second kappa shape index (κ2) is 12.0. The van der Waals surface area contributed by atoms with E-state index < -0.39 is 63.9 Å². The van der Waals surface area contributed by atoms with Crippen molar-refractivity contribution in [3.8, 4) is 0 Å². The second-order valence-electron chi connectivity index (χ2n) is 7.27. The molecule has 0 saturated heterocycles. The van der Waals surface area contributed by atoms with Gasteiger partial charge in [-0.05, 0) is 43.5 Å². The fourth-order valence-corrected chi connectivity index (χ4v) is 4.39. The minimum absolute atomic E-state index is 0.0822. The van der Waals surface area contributed by atoms with Gasteiger partial charge in [0, 0.05) is 22.8 Å². The zero-order chi connectivity index (χ0) is 26.4.